The number of fused-ring (bicyclic) bond motifs is 1. The summed E-state index contributed by atoms with van der Waals surface area (Å²) >= 11 is 0. The number of benzene rings is 1. The molecule has 4 nitrogen and oxygen atoms in total. The van der Waals surface area contributed by atoms with Crippen LogP contribution in [0.2, 0.25) is 0 Å². The van der Waals surface area contributed by atoms with Gasteiger partial charge >= 0.3 is 5.97 Å². The number of hydrogen-bond acceptors (Lipinski definition) is 4. The molecule has 5 heteroatoms. The molecule has 0 atom stereocenters. The van der Waals surface area contributed by atoms with E-state index in [1.807, 2.05) is 0 Å². The molecule has 0 amide bonds. The molecule has 0 saturated carbocycles. The number of halogens is 1. The van der Waals surface area contributed by atoms with Gasteiger partial charge in [0, 0.05) is 5.39 Å². The number of carbonyl (C=O) groups excluding carboxylic acids is 1. The zero-order chi connectivity index (χ0) is 12.6. The number of nitrogens with zero attached hydrogens (tertiary/aromatic N) is 1. The molecular formula is C12H8FNO3. The second kappa shape index (κ2) is 3.91. The number of furan rings is 1. The first-order valence-electron chi connectivity index (χ1n) is 4.79. The van der Waals surface area contributed by atoms with Gasteiger partial charge in [-0.1, -0.05) is 0 Å². The average molecular weight is 233 g/mol. The Morgan fingerprint density at radius 2 is 2.24 bits per heavy atom. The fourth-order valence-electron chi connectivity index (χ4n) is 1.67. The van der Waals surface area contributed by atoms with Gasteiger partial charge in [-0.3, -0.25) is 0 Å². The summed E-state index contributed by atoms with van der Waals surface area (Å²) in [6.07, 6.45) is 0. The number of esters is 1. The molecule has 0 aliphatic rings. The standard InChI is InChI=1S/C12H8FNO3/c1-6-3-7-8(12(15)16-2)4-10(13)9(5-14)11(7)17-6/h3-4H,1-2H3. The number of ether oxygens (including phenoxy) is 1. The minimum absolute atomic E-state index is 0.0517. The monoisotopic (exact) mass is 233 g/mol. The molecular weight excluding hydrogens is 225 g/mol. The summed E-state index contributed by atoms with van der Waals surface area (Å²) in [5.41, 5.74) is -0.0815. The van der Waals surface area contributed by atoms with Crippen molar-refractivity contribution >= 4 is 16.9 Å². The van der Waals surface area contributed by atoms with Crippen LogP contribution >= 0.6 is 0 Å². The average Bonchev–Trinajstić information content (AvgIpc) is 2.68. The molecule has 0 unspecified atom stereocenters. The van der Waals surface area contributed by atoms with Gasteiger partial charge in [-0.15, -0.1) is 0 Å². The van der Waals surface area contributed by atoms with E-state index in [0.29, 0.717) is 11.1 Å². The molecule has 86 valence electrons. The van der Waals surface area contributed by atoms with Crippen molar-refractivity contribution in [2.45, 2.75) is 6.92 Å². The zero-order valence-electron chi connectivity index (χ0n) is 9.20. The van der Waals surface area contributed by atoms with E-state index in [1.54, 1.807) is 19.1 Å². The van der Waals surface area contributed by atoms with Crippen molar-refractivity contribution < 1.29 is 18.3 Å². The SMILES string of the molecule is COC(=O)c1cc(F)c(C#N)c2oc(C)cc12. The summed E-state index contributed by atoms with van der Waals surface area (Å²) in [6.45, 7) is 1.65. The van der Waals surface area contributed by atoms with Gasteiger partial charge in [0.2, 0.25) is 0 Å². The van der Waals surface area contributed by atoms with E-state index in [1.165, 1.54) is 7.11 Å². The van der Waals surface area contributed by atoms with Crippen LogP contribution in [0.25, 0.3) is 11.0 Å². The maximum Gasteiger partial charge on any atom is 0.338 e. The highest BCUT2D eigenvalue weighted by Crippen LogP contribution is 2.28. The van der Waals surface area contributed by atoms with Crippen molar-refractivity contribution in [3.05, 3.63) is 34.8 Å². The molecule has 0 saturated heterocycles. The van der Waals surface area contributed by atoms with E-state index in [-0.39, 0.29) is 16.7 Å². The van der Waals surface area contributed by atoms with Crippen LogP contribution < -0.4 is 0 Å². The third kappa shape index (κ3) is 1.64. The number of methoxy groups -OCH3 is 1. The summed E-state index contributed by atoms with van der Waals surface area (Å²) in [6, 6.07) is 4.27. The lowest BCUT2D eigenvalue weighted by Crippen LogP contribution is -2.03. The van der Waals surface area contributed by atoms with Gasteiger partial charge in [0.25, 0.3) is 0 Å². The van der Waals surface area contributed by atoms with Gasteiger partial charge in [0.15, 0.2) is 5.58 Å². The minimum Gasteiger partial charge on any atom is -0.465 e. The van der Waals surface area contributed by atoms with Gasteiger partial charge in [-0.05, 0) is 19.1 Å². The Labute approximate surface area is 96.2 Å². The number of rotatable bonds is 1. The third-order valence-corrected chi connectivity index (χ3v) is 2.40. The van der Waals surface area contributed by atoms with E-state index in [4.69, 9.17) is 9.68 Å². The Balaban J connectivity index is 2.89. The molecule has 1 heterocycles. The van der Waals surface area contributed by atoms with Crippen molar-refractivity contribution in [2.75, 3.05) is 7.11 Å². The van der Waals surface area contributed by atoms with E-state index in [2.05, 4.69) is 4.74 Å². The lowest BCUT2D eigenvalue weighted by Gasteiger charge is -2.02. The van der Waals surface area contributed by atoms with E-state index in [9.17, 15) is 9.18 Å². The summed E-state index contributed by atoms with van der Waals surface area (Å²) in [4.78, 5) is 11.5. The topological polar surface area (TPSA) is 63.2 Å². The summed E-state index contributed by atoms with van der Waals surface area (Å²) in [5, 5.41) is 9.23. The van der Waals surface area contributed by atoms with Gasteiger partial charge in [-0.2, -0.15) is 5.26 Å². The van der Waals surface area contributed by atoms with Crippen LogP contribution in [-0.4, -0.2) is 13.1 Å². The number of nitriles is 1. The number of aryl methyl sites for hydroxylation is 1. The highest BCUT2D eigenvalue weighted by Gasteiger charge is 2.20. The fraction of sp³-hybridized carbons (Fsp3) is 0.167. The molecule has 2 aromatic rings. The summed E-state index contributed by atoms with van der Waals surface area (Å²) in [7, 11) is 1.21. The van der Waals surface area contributed by atoms with Gasteiger partial charge < -0.3 is 9.15 Å². The lowest BCUT2D eigenvalue weighted by molar-refractivity contribution is 0.0602. The predicted octanol–water partition coefficient (Wildman–Crippen LogP) is 2.54. The Kier molecular flexibility index (Phi) is 2.56. The van der Waals surface area contributed by atoms with Crippen molar-refractivity contribution in [3.63, 3.8) is 0 Å². The molecule has 0 spiro atoms. The third-order valence-electron chi connectivity index (χ3n) is 2.40. The second-order valence-corrected chi connectivity index (χ2v) is 3.48. The largest absolute Gasteiger partial charge is 0.465 e. The Morgan fingerprint density at radius 1 is 1.53 bits per heavy atom. The maximum atomic E-state index is 13.6. The molecule has 0 radical (unpaired) electrons. The van der Waals surface area contributed by atoms with Crippen LogP contribution in [0.5, 0.6) is 0 Å². The molecule has 0 fully saturated rings. The smallest absolute Gasteiger partial charge is 0.338 e. The van der Waals surface area contributed by atoms with Crippen LogP contribution in [0, 0.1) is 24.1 Å². The molecule has 0 aliphatic carbocycles. The second-order valence-electron chi connectivity index (χ2n) is 3.48. The number of carbonyl (C=O) groups is 1. The van der Waals surface area contributed by atoms with Gasteiger partial charge in [0.1, 0.15) is 23.2 Å². The predicted molar refractivity (Wildman–Crippen MR) is 57.0 cm³/mol. The first-order valence-corrected chi connectivity index (χ1v) is 4.79. The van der Waals surface area contributed by atoms with Crippen molar-refractivity contribution in [3.8, 4) is 6.07 Å². The first kappa shape index (κ1) is 11.1. The van der Waals surface area contributed by atoms with E-state index < -0.39 is 11.8 Å². The van der Waals surface area contributed by atoms with Crippen LogP contribution in [0.3, 0.4) is 0 Å². The van der Waals surface area contributed by atoms with Crippen molar-refractivity contribution in [1.82, 2.24) is 0 Å². The molecule has 0 aliphatic heterocycles. The van der Waals surface area contributed by atoms with Crippen LogP contribution in [0.15, 0.2) is 16.5 Å². The fourth-order valence-corrected chi connectivity index (χ4v) is 1.67. The van der Waals surface area contributed by atoms with Gasteiger partial charge in [-0.25, -0.2) is 9.18 Å². The van der Waals surface area contributed by atoms with Gasteiger partial charge in [0.05, 0.1) is 12.7 Å². The minimum atomic E-state index is -0.797. The van der Waals surface area contributed by atoms with Crippen LogP contribution in [0.1, 0.15) is 21.7 Å². The molecule has 0 N–H and O–H groups in total. The summed E-state index contributed by atoms with van der Waals surface area (Å²) in [5.74, 6) is -0.971. The quantitative estimate of drug-likeness (QED) is 0.710. The molecule has 2 rings (SSSR count). The number of hydrogen-bond donors (Lipinski definition) is 0. The van der Waals surface area contributed by atoms with Crippen LogP contribution in [-0.2, 0) is 4.74 Å². The molecule has 1 aromatic carbocycles. The van der Waals surface area contributed by atoms with Crippen molar-refractivity contribution in [1.29, 1.82) is 5.26 Å². The normalized spacial score (nSPS) is 10.2. The zero-order valence-corrected chi connectivity index (χ0v) is 9.20. The Hall–Kier alpha value is -2.35. The van der Waals surface area contributed by atoms with E-state index >= 15 is 0 Å². The lowest BCUT2D eigenvalue weighted by atomic mass is 10.1. The molecule has 17 heavy (non-hydrogen) atoms. The first-order chi connectivity index (χ1) is 8.08. The highest BCUT2D eigenvalue weighted by molar-refractivity contribution is 6.04. The maximum absolute atomic E-state index is 13.6. The molecule has 0 bridgehead atoms. The highest BCUT2D eigenvalue weighted by atomic mass is 19.1. The Morgan fingerprint density at radius 3 is 2.82 bits per heavy atom. The van der Waals surface area contributed by atoms with E-state index in [0.717, 1.165) is 6.07 Å². The summed E-state index contributed by atoms with van der Waals surface area (Å²) < 4.78 is 23.4. The Bertz CT molecular complexity index is 652. The van der Waals surface area contributed by atoms with Crippen molar-refractivity contribution in [2.24, 2.45) is 0 Å². The van der Waals surface area contributed by atoms with Crippen LogP contribution in [0.4, 0.5) is 4.39 Å². The molecule has 1 aromatic heterocycles.